The van der Waals surface area contributed by atoms with Gasteiger partial charge in [0.1, 0.15) is 0 Å². The number of hydrogen-bond acceptors (Lipinski definition) is 3. The van der Waals surface area contributed by atoms with Crippen molar-refractivity contribution >= 4 is 11.8 Å². The van der Waals surface area contributed by atoms with Gasteiger partial charge in [-0.2, -0.15) is 5.10 Å². The third-order valence-electron chi connectivity index (χ3n) is 3.10. The molecule has 0 saturated heterocycles. The van der Waals surface area contributed by atoms with E-state index in [1.54, 1.807) is 11.8 Å². The summed E-state index contributed by atoms with van der Waals surface area (Å²) in [4.78, 5) is 3.68. The first-order valence-corrected chi connectivity index (χ1v) is 7.79. The molecule has 1 aromatic heterocycles. The topological polar surface area (TPSA) is 21.1 Å². The molecule has 0 N–H and O–H groups in total. The second-order valence-electron chi connectivity index (χ2n) is 4.71. The van der Waals surface area contributed by atoms with E-state index < -0.39 is 0 Å². The molecule has 2 aromatic rings. The van der Waals surface area contributed by atoms with Gasteiger partial charge in [-0.05, 0) is 50.0 Å². The summed E-state index contributed by atoms with van der Waals surface area (Å²) in [6.07, 6.45) is 7.08. The second kappa shape index (κ2) is 7.36. The molecule has 3 nitrogen and oxygen atoms in total. The van der Waals surface area contributed by atoms with Gasteiger partial charge in [-0.15, -0.1) is 11.8 Å². The van der Waals surface area contributed by atoms with Crippen LogP contribution in [0.5, 0.6) is 0 Å². The maximum Gasteiger partial charge on any atom is 0.0489 e. The summed E-state index contributed by atoms with van der Waals surface area (Å²) in [5, 5.41) is 4.21. The van der Waals surface area contributed by atoms with E-state index in [4.69, 9.17) is 0 Å². The number of aryl methyl sites for hydroxylation is 1. The molecule has 0 aliphatic heterocycles. The predicted molar refractivity (Wildman–Crippen MR) is 81.4 cm³/mol. The molecule has 0 unspecified atom stereocenters. The fourth-order valence-electron chi connectivity index (χ4n) is 2.06. The lowest BCUT2D eigenvalue weighted by Crippen LogP contribution is -2.20. The van der Waals surface area contributed by atoms with Crippen LogP contribution in [0, 0.1) is 0 Å². The van der Waals surface area contributed by atoms with Crippen LogP contribution in [-0.2, 0) is 13.1 Å². The van der Waals surface area contributed by atoms with Gasteiger partial charge in [0.25, 0.3) is 0 Å². The quantitative estimate of drug-likeness (QED) is 0.724. The van der Waals surface area contributed by atoms with Gasteiger partial charge in [0.05, 0.1) is 0 Å². The Morgan fingerprint density at radius 1 is 1.26 bits per heavy atom. The lowest BCUT2D eigenvalue weighted by Gasteiger charge is -2.16. The molecular formula is C15H21N3S. The van der Waals surface area contributed by atoms with Crippen LogP contribution in [-0.4, -0.2) is 34.5 Å². The van der Waals surface area contributed by atoms with Crippen LogP contribution in [0.15, 0.2) is 47.6 Å². The summed E-state index contributed by atoms with van der Waals surface area (Å²) in [5.74, 6) is 0. The first kappa shape index (κ1) is 14.2. The van der Waals surface area contributed by atoms with Crippen LogP contribution in [0.4, 0.5) is 0 Å². The van der Waals surface area contributed by atoms with Gasteiger partial charge in [-0.1, -0.05) is 12.1 Å². The Morgan fingerprint density at radius 2 is 2.05 bits per heavy atom. The summed E-state index contributed by atoms with van der Waals surface area (Å²) in [7, 11) is 2.17. The fraction of sp³-hybridized carbons (Fsp3) is 0.400. The lowest BCUT2D eigenvalue weighted by atomic mass is 10.2. The van der Waals surface area contributed by atoms with Crippen LogP contribution < -0.4 is 0 Å². The van der Waals surface area contributed by atoms with Crippen LogP contribution in [0.2, 0.25) is 0 Å². The van der Waals surface area contributed by atoms with Gasteiger partial charge in [0.15, 0.2) is 0 Å². The maximum absolute atomic E-state index is 4.21. The predicted octanol–water partition coefficient (Wildman–Crippen LogP) is 3.13. The van der Waals surface area contributed by atoms with E-state index in [1.165, 1.54) is 10.5 Å². The van der Waals surface area contributed by atoms with Crippen molar-refractivity contribution in [3.05, 3.63) is 48.3 Å². The summed E-state index contributed by atoms with van der Waals surface area (Å²) < 4.78 is 1.99. The molecule has 4 heteroatoms. The Morgan fingerprint density at radius 3 is 2.68 bits per heavy atom. The zero-order valence-corrected chi connectivity index (χ0v) is 12.4. The van der Waals surface area contributed by atoms with Crippen LogP contribution in [0.25, 0.3) is 0 Å². The molecule has 0 aliphatic rings. The molecule has 0 bridgehead atoms. The molecule has 0 spiro atoms. The highest BCUT2D eigenvalue weighted by molar-refractivity contribution is 7.98. The molecular weight excluding hydrogens is 254 g/mol. The van der Waals surface area contributed by atoms with E-state index in [9.17, 15) is 0 Å². The smallest absolute Gasteiger partial charge is 0.0489 e. The van der Waals surface area contributed by atoms with Crippen LogP contribution in [0.1, 0.15) is 12.0 Å². The molecule has 2 rings (SSSR count). The first-order chi connectivity index (χ1) is 9.28. The van der Waals surface area contributed by atoms with Crippen molar-refractivity contribution in [2.75, 3.05) is 19.8 Å². The number of nitrogens with zero attached hydrogens (tertiary/aromatic N) is 3. The van der Waals surface area contributed by atoms with Crippen molar-refractivity contribution in [2.24, 2.45) is 0 Å². The lowest BCUT2D eigenvalue weighted by molar-refractivity contribution is 0.311. The average molecular weight is 275 g/mol. The Bertz CT molecular complexity index is 465. The minimum atomic E-state index is 0.989. The second-order valence-corrected chi connectivity index (χ2v) is 5.59. The van der Waals surface area contributed by atoms with Crippen LogP contribution in [0.3, 0.4) is 0 Å². The van der Waals surface area contributed by atoms with E-state index >= 15 is 0 Å². The zero-order valence-electron chi connectivity index (χ0n) is 11.6. The number of aromatic nitrogens is 2. The summed E-state index contributed by atoms with van der Waals surface area (Å²) in [5.41, 5.74) is 1.37. The monoisotopic (exact) mass is 275 g/mol. The molecule has 102 valence electrons. The largest absolute Gasteiger partial charge is 0.302 e. The molecule has 0 aliphatic carbocycles. The molecule has 0 atom stereocenters. The third-order valence-corrected chi connectivity index (χ3v) is 3.84. The van der Waals surface area contributed by atoms with E-state index in [2.05, 4.69) is 47.6 Å². The standard InChI is InChI=1S/C15H21N3S/c1-17(10-4-12-18-11-3-9-16-18)13-14-5-7-15(19-2)8-6-14/h3,5-9,11H,4,10,12-13H2,1-2H3. The van der Waals surface area contributed by atoms with E-state index in [0.717, 1.165) is 26.1 Å². The summed E-state index contributed by atoms with van der Waals surface area (Å²) in [6, 6.07) is 10.8. The summed E-state index contributed by atoms with van der Waals surface area (Å²) >= 11 is 1.79. The molecule has 19 heavy (non-hydrogen) atoms. The molecule has 0 radical (unpaired) electrons. The average Bonchev–Trinajstić information content (AvgIpc) is 2.93. The zero-order chi connectivity index (χ0) is 13.5. The minimum absolute atomic E-state index is 0.989. The molecule has 0 amide bonds. The number of rotatable bonds is 7. The van der Waals surface area contributed by atoms with Crippen molar-refractivity contribution in [3.63, 3.8) is 0 Å². The fourth-order valence-corrected chi connectivity index (χ4v) is 2.47. The highest BCUT2D eigenvalue weighted by Gasteiger charge is 2.01. The Hall–Kier alpha value is -1.26. The Kier molecular flexibility index (Phi) is 5.48. The van der Waals surface area contributed by atoms with E-state index in [0.29, 0.717) is 0 Å². The molecule has 0 saturated carbocycles. The number of thioether (sulfide) groups is 1. The normalized spacial score (nSPS) is 11.1. The summed E-state index contributed by atoms with van der Waals surface area (Å²) in [6.45, 7) is 3.08. The van der Waals surface area contributed by atoms with Gasteiger partial charge in [0, 0.05) is 30.4 Å². The van der Waals surface area contributed by atoms with Gasteiger partial charge >= 0.3 is 0 Å². The van der Waals surface area contributed by atoms with Gasteiger partial charge in [0.2, 0.25) is 0 Å². The van der Waals surface area contributed by atoms with E-state index in [1.807, 2.05) is 23.1 Å². The Balaban J connectivity index is 1.72. The molecule has 1 aromatic carbocycles. The van der Waals surface area contributed by atoms with Gasteiger partial charge in [-0.3, -0.25) is 4.68 Å². The van der Waals surface area contributed by atoms with Crippen LogP contribution >= 0.6 is 11.8 Å². The number of hydrogen-bond donors (Lipinski definition) is 0. The molecule has 0 fully saturated rings. The van der Waals surface area contributed by atoms with Gasteiger partial charge < -0.3 is 4.90 Å². The minimum Gasteiger partial charge on any atom is -0.302 e. The van der Waals surface area contributed by atoms with Crippen molar-refractivity contribution in [1.82, 2.24) is 14.7 Å². The van der Waals surface area contributed by atoms with E-state index in [-0.39, 0.29) is 0 Å². The van der Waals surface area contributed by atoms with Crippen molar-refractivity contribution in [2.45, 2.75) is 24.4 Å². The number of benzene rings is 1. The Labute approximate surface area is 119 Å². The maximum atomic E-state index is 4.21. The van der Waals surface area contributed by atoms with Crippen molar-refractivity contribution in [1.29, 1.82) is 0 Å². The third kappa shape index (κ3) is 4.73. The van der Waals surface area contributed by atoms with Crippen molar-refractivity contribution in [3.8, 4) is 0 Å². The highest BCUT2D eigenvalue weighted by Crippen LogP contribution is 2.15. The van der Waals surface area contributed by atoms with Gasteiger partial charge in [-0.25, -0.2) is 0 Å². The molecule has 1 heterocycles. The first-order valence-electron chi connectivity index (χ1n) is 6.57. The SMILES string of the molecule is CSc1ccc(CN(C)CCCn2cccn2)cc1. The van der Waals surface area contributed by atoms with Crippen molar-refractivity contribution < 1.29 is 0 Å². The highest BCUT2D eigenvalue weighted by atomic mass is 32.2.